The Hall–Kier alpha value is -3.34. The lowest BCUT2D eigenvalue weighted by Gasteiger charge is -2.14. The Morgan fingerprint density at radius 1 is 1.26 bits per heavy atom. The molecule has 11 heteroatoms. The molecule has 0 amide bonds. The molecule has 3 heterocycles. The molecule has 0 aliphatic rings. The summed E-state index contributed by atoms with van der Waals surface area (Å²) in [6.07, 6.45) is 5.68. The van der Waals surface area contributed by atoms with Gasteiger partial charge in [-0.05, 0) is 36.8 Å². The maximum atomic E-state index is 14.7. The molecule has 4 aromatic rings. The lowest BCUT2D eigenvalue weighted by atomic mass is 10.2. The second-order valence-corrected chi connectivity index (χ2v) is 8.49. The van der Waals surface area contributed by atoms with E-state index in [1.807, 2.05) is 0 Å². The molecule has 1 atom stereocenters. The molecular weight excluding hydrogens is 431 g/mol. The topological polar surface area (TPSA) is 82.7 Å². The predicted molar refractivity (Wildman–Crippen MR) is 109 cm³/mol. The van der Waals surface area contributed by atoms with Gasteiger partial charge in [0.2, 0.25) is 0 Å². The molecular formula is C20H16F3N5O2S. The van der Waals surface area contributed by atoms with Crippen molar-refractivity contribution in [2.24, 2.45) is 0 Å². The van der Waals surface area contributed by atoms with Crippen molar-refractivity contribution >= 4 is 21.8 Å². The number of alkyl halides is 2. The van der Waals surface area contributed by atoms with Gasteiger partial charge in [0, 0.05) is 24.2 Å². The number of halogens is 3. The normalized spacial score (nSPS) is 12.9. The first-order valence-electron chi connectivity index (χ1n) is 9.08. The lowest BCUT2D eigenvalue weighted by molar-refractivity contribution is 0.0483. The first kappa shape index (κ1) is 20.9. The molecule has 0 saturated carbocycles. The summed E-state index contributed by atoms with van der Waals surface area (Å²) in [6, 6.07) is 5.65. The molecule has 1 unspecified atom stereocenters. The van der Waals surface area contributed by atoms with Gasteiger partial charge in [0.15, 0.2) is 5.65 Å². The summed E-state index contributed by atoms with van der Waals surface area (Å²) in [5, 5.41) is 4.35. The third kappa shape index (κ3) is 4.13. The van der Waals surface area contributed by atoms with Gasteiger partial charge in [-0.25, -0.2) is 22.8 Å². The van der Waals surface area contributed by atoms with Crippen LogP contribution in [0, 0.1) is 12.7 Å². The molecule has 3 aromatic heterocycles. The first-order valence-corrected chi connectivity index (χ1v) is 10.4. The fourth-order valence-electron chi connectivity index (χ4n) is 3.08. The highest BCUT2D eigenvalue weighted by molar-refractivity contribution is 7.85. The third-order valence-corrected chi connectivity index (χ3v) is 6.18. The van der Waals surface area contributed by atoms with Gasteiger partial charge < -0.3 is 0 Å². The fourth-order valence-corrected chi connectivity index (χ4v) is 4.36. The Morgan fingerprint density at radius 3 is 2.71 bits per heavy atom. The maximum absolute atomic E-state index is 14.7. The number of aryl methyl sites for hydroxylation is 1. The fraction of sp³-hybridized carbons (Fsp3) is 0.200. The Labute approximate surface area is 176 Å². The molecule has 7 nitrogen and oxygen atoms in total. The Morgan fingerprint density at radius 2 is 2.03 bits per heavy atom. The van der Waals surface area contributed by atoms with Crippen LogP contribution < -0.4 is 5.56 Å². The zero-order valence-corrected chi connectivity index (χ0v) is 17.2. The van der Waals surface area contributed by atoms with E-state index in [0.29, 0.717) is 12.6 Å². The van der Waals surface area contributed by atoms with E-state index in [1.54, 1.807) is 24.5 Å². The number of hydrogen-bond acceptors (Lipinski definition) is 5. The van der Waals surface area contributed by atoms with Gasteiger partial charge in [-0.15, -0.1) is 5.10 Å². The standard InChI is InChI=1S/C20H16F3N5O2S/c1-12-6-15(21)16(7-17(12)31(30)10-20(2,22)23)27-11-25-18-14(19(27)29)9-28(26-18)13-4-3-5-24-8-13/h3-9,11H,10H2,1-2H3. The molecule has 1 aromatic carbocycles. The summed E-state index contributed by atoms with van der Waals surface area (Å²) in [7, 11) is -2.09. The molecule has 160 valence electrons. The van der Waals surface area contributed by atoms with Crippen LogP contribution in [-0.2, 0) is 10.8 Å². The van der Waals surface area contributed by atoms with Crippen LogP contribution in [0.5, 0.6) is 0 Å². The van der Waals surface area contributed by atoms with Gasteiger partial charge in [-0.1, -0.05) is 0 Å². The lowest BCUT2D eigenvalue weighted by Crippen LogP contribution is -2.22. The van der Waals surface area contributed by atoms with Gasteiger partial charge in [-0.2, -0.15) is 0 Å². The largest absolute Gasteiger partial charge is 0.269 e. The highest BCUT2D eigenvalue weighted by Crippen LogP contribution is 2.25. The molecule has 0 N–H and O–H groups in total. The van der Waals surface area contributed by atoms with Gasteiger partial charge >= 0.3 is 0 Å². The van der Waals surface area contributed by atoms with Gasteiger partial charge in [0.25, 0.3) is 11.5 Å². The minimum absolute atomic E-state index is 0.0241. The van der Waals surface area contributed by atoms with E-state index in [0.717, 1.165) is 23.0 Å². The van der Waals surface area contributed by atoms with E-state index in [-0.39, 0.29) is 27.2 Å². The molecule has 0 aliphatic carbocycles. The average molecular weight is 447 g/mol. The second-order valence-electron chi connectivity index (χ2n) is 7.07. The minimum atomic E-state index is -3.16. The van der Waals surface area contributed by atoms with E-state index in [9.17, 15) is 22.2 Å². The Balaban J connectivity index is 1.83. The molecule has 0 fully saturated rings. The average Bonchev–Trinajstić information content (AvgIpc) is 3.14. The Bertz CT molecular complexity index is 1360. The summed E-state index contributed by atoms with van der Waals surface area (Å²) in [5.41, 5.74) is 0.149. The summed E-state index contributed by atoms with van der Waals surface area (Å²) < 4.78 is 56.1. The minimum Gasteiger partial charge on any atom is -0.268 e. The van der Waals surface area contributed by atoms with Crippen molar-refractivity contribution in [3.8, 4) is 11.4 Å². The first-order chi connectivity index (χ1) is 14.6. The summed E-state index contributed by atoms with van der Waals surface area (Å²) >= 11 is 0. The SMILES string of the molecule is Cc1cc(F)c(-n2cnc3nn(-c4cccnc4)cc3c2=O)cc1S(=O)CC(C)(F)F. The summed E-state index contributed by atoms with van der Waals surface area (Å²) in [6.45, 7) is 2.13. The molecule has 0 spiro atoms. The highest BCUT2D eigenvalue weighted by Gasteiger charge is 2.27. The van der Waals surface area contributed by atoms with Crippen molar-refractivity contribution < 1.29 is 17.4 Å². The van der Waals surface area contributed by atoms with Crippen molar-refractivity contribution in [3.63, 3.8) is 0 Å². The van der Waals surface area contributed by atoms with E-state index < -0.39 is 33.9 Å². The van der Waals surface area contributed by atoms with Crippen LogP contribution in [-0.4, -0.2) is 40.2 Å². The van der Waals surface area contributed by atoms with Crippen molar-refractivity contribution in [1.29, 1.82) is 0 Å². The molecule has 0 aliphatic heterocycles. The molecule has 4 rings (SSSR count). The molecule has 0 radical (unpaired) electrons. The van der Waals surface area contributed by atoms with Crippen LogP contribution in [0.4, 0.5) is 13.2 Å². The molecule has 0 saturated heterocycles. The maximum Gasteiger partial charge on any atom is 0.269 e. The van der Waals surface area contributed by atoms with Gasteiger partial charge in [-0.3, -0.25) is 18.6 Å². The van der Waals surface area contributed by atoms with Crippen molar-refractivity contribution in [1.82, 2.24) is 24.3 Å². The van der Waals surface area contributed by atoms with Crippen LogP contribution in [0.2, 0.25) is 0 Å². The number of hydrogen-bond donors (Lipinski definition) is 0. The van der Waals surface area contributed by atoms with Crippen molar-refractivity contribution in [2.45, 2.75) is 24.7 Å². The van der Waals surface area contributed by atoms with Crippen LogP contribution in [0.1, 0.15) is 12.5 Å². The van der Waals surface area contributed by atoms with E-state index in [4.69, 9.17) is 0 Å². The van der Waals surface area contributed by atoms with Gasteiger partial charge in [0.05, 0.1) is 34.1 Å². The van der Waals surface area contributed by atoms with Crippen LogP contribution in [0.15, 0.2) is 58.9 Å². The number of nitrogens with zero attached hydrogens (tertiary/aromatic N) is 5. The zero-order valence-electron chi connectivity index (χ0n) is 16.4. The second kappa shape index (κ2) is 7.73. The number of rotatable bonds is 5. The van der Waals surface area contributed by atoms with Crippen LogP contribution in [0.3, 0.4) is 0 Å². The summed E-state index contributed by atoms with van der Waals surface area (Å²) in [5.74, 6) is -4.85. The van der Waals surface area contributed by atoms with Crippen LogP contribution in [0.25, 0.3) is 22.4 Å². The Kier molecular flexibility index (Phi) is 5.21. The predicted octanol–water partition coefficient (Wildman–Crippen LogP) is 3.18. The highest BCUT2D eigenvalue weighted by atomic mass is 32.2. The van der Waals surface area contributed by atoms with Crippen molar-refractivity contribution in [2.75, 3.05) is 5.75 Å². The van der Waals surface area contributed by atoms with Crippen molar-refractivity contribution in [3.05, 3.63) is 70.9 Å². The number of pyridine rings is 1. The monoisotopic (exact) mass is 447 g/mol. The molecule has 0 bridgehead atoms. The van der Waals surface area contributed by atoms with Crippen LogP contribution >= 0.6 is 0 Å². The third-order valence-electron chi connectivity index (χ3n) is 4.48. The molecule has 31 heavy (non-hydrogen) atoms. The summed E-state index contributed by atoms with van der Waals surface area (Å²) in [4.78, 5) is 21.1. The van der Waals surface area contributed by atoms with E-state index in [2.05, 4.69) is 15.1 Å². The van der Waals surface area contributed by atoms with E-state index >= 15 is 0 Å². The zero-order chi connectivity index (χ0) is 22.3. The van der Waals surface area contributed by atoms with Gasteiger partial charge in [0.1, 0.15) is 17.5 Å². The number of fused-ring (bicyclic) bond motifs is 1. The number of benzene rings is 1. The smallest absolute Gasteiger partial charge is 0.268 e. The number of aromatic nitrogens is 5. The quantitative estimate of drug-likeness (QED) is 0.469. The van der Waals surface area contributed by atoms with E-state index in [1.165, 1.54) is 17.8 Å².